The van der Waals surface area contributed by atoms with Gasteiger partial charge in [-0.15, -0.1) is 0 Å². The Bertz CT molecular complexity index is 649. The number of rotatable bonds is 4. The summed E-state index contributed by atoms with van der Waals surface area (Å²) in [5, 5.41) is 2.77. The van der Waals surface area contributed by atoms with Crippen LogP contribution in [0, 0.1) is 17.2 Å². The smallest absolute Gasteiger partial charge is 0.245 e. The second kappa shape index (κ2) is 6.01. The largest absolute Gasteiger partial charge is 0.491 e. The number of amides is 1. The molecule has 2 aliphatic rings. The lowest BCUT2D eigenvalue weighted by Crippen LogP contribution is -2.81. The molecule has 0 bridgehead atoms. The predicted octanol–water partition coefficient (Wildman–Crippen LogP) is 2.70. The SMILES string of the molecule is CCOc1ccc(NC(=O)C2(N)C3CCCOC3C2(C)C)cc1F. The van der Waals surface area contributed by atoms with E-state index in [1.165, 1.54) is 12.1 Å². The van der Waals surface area contributed by atoms with E-state index < -0.39 is 16.8 Å². The van der Waals surface area contributed by atoms with Crippen LogP contribution in [0.3, 0.4) is 0 Å². The lowest BCUT2D eigenvalue weighted by molar-refractivity contribution is -0.222. The van der Waals surface area contributed by atoms with Gasteiger partial charge in [-0.05, 0) is 31.9 Å². The van der Waals surface area contributed by atoms with E-state index in [4.69, 9.17) is 15.2 Å². The van der Waals surface area contributed by atoms with Crippen molar-refractivity contribution in [2.45, 2.75) is 45.3 Å². The average Bonchev–Trinajstić information content (AvgIpc) is 2.56. The first kappa shape index (κ1) is 17.2. The summed E-state index contributed by atoms with van der Waals surface area (Å²) < 4.78 is 25.0. The highest BCUT2D eigenvalue weighted by Crippen LogP contribution is 2.57. The predicted molar refractivity (Wildman–Crippen MR) is 89.4 cm³/mol. The zero-order valence-corrected chi connectivity index (χ0v) is 14.4. The number of nitrogens with one attached hydrogen (secondary N) is 1. The van der Waals surface area contributed by atoms with Gasteiger partial charge in [0, 0.05) is 29.7 Å². The summed E-state index contributed by atoms with van der Waals surface area (Å²) in [5.74, 6) is -0.633. The Morgan fingerprint density at radius 3 is 2.92 bits per heavy atom. The van der Waals surface area contributed by atoms with E-state index in [-0.39, 0.29) is 23.7 Å². The third-order valence-electron chi connectivity index (χ3n) is 5.55. The number of hydrogen-bond acceptors (Lipinski definition) is 4. The summed E-state index contributed by atoms with van der Waals surface area (Å²) in [6.07, 6.45) is 1.77. The minimum absolute atomic E-state index is 0.000865. The van der Waals surface area contributed by atoms with Gasteiger partial charge in [0.1, 0.15) is 5.54 Å². The summed E-state index contributed by atoms with van der Waals surface area (Å²) in [4.78, 5) is 12.9. The van der Waals surface area contributed by atoms with Gasteiger partial charge in [-0.1, -0.05) is 13.8 Å². The van der Waals surface area contributed by atoms with Crippen LogP contribution in [0.5, 0.6) is 5.75 Å². The minimum atomic E-state index is -1.02. The van der Waals surface area contributed by atoms with E-state index in [1.54, 1.807) is 13.0 Å². The van der Waals surface area contributed by atoms with Crippen molar-refractivity contribution < 1.29 is 18.7 Å². The molecule has 3 atom stereocenters. The van der Waals surface area contributed by atoms with Gasteiger partial charge in [0.15, 0.2) is 11.6 Å². The first-order valence-corrected chi connectivity index (χ1v) is 8.46. The molecule has 1 aromatic rings. The zero-order chi connectivity index (χ0) is 17.5. The van der Waals surface area contributed by atoms with Crippen LogP contribution in [0.2, 0.25) is 0 Å². The number of fused-ring (bicyclic) bond motifs is 1. The Kier molecular flexibility index (Phi) is 4.30. The van der Waals surface area contributed by atoms with Gasteiger partial charge in [-0.2, -0.15) is 0 Å². The van der Waals surface area contributed by atoms with Crippen molar-refractivity contribution >= 4 is 11.6 Å². The Labute approximate surface area is 141 Å². The number of halogens is 1. The molecule has 24 heavy (non-hydrogen) atoms. The molecule has 2 fully saturated rings. The number of ether oxygens (including phenoxy) is 2. The average molecular weight is 336 g/mol. The normalized spacial score (nSPS) is 30.9. The molecule has 3 unspecified atom stereocenters. The molecule has 1 aliphatic carbocycles. The summed E-state index contributed by atoms with van der Waals surface area (Å²) >= 11 is 0. The summed E-state index contributed by atoms with van der Waals surface area (Å²) in [6, 6.07) is 4.39. The van der Waals surface area contributed by atoms with Crippen LogP contribution in [0.1, 0.15) is 33.6 Å². The minimum Gasteiger partial charge on any atom is -0.491 e. The van der Waals surface area contributed by atoms with Crippen molar-refractivity contribution in [3.8, 4) is 5.75 Å². The number of carbonyl (C=O) groups is 1. The van der Waals surface area contributed by atoms with Crippen LogP contribution in [0.25, 0.3) is 0 Å². The molecule has 0 radical (unpaired) electrons. The van der Waals surface area contributed by atoms with Crippen molar-refractivity contribution in [1.29, 1.82) is 0 Å². The molecule has 1 amide bonds. The van der Waals surface area contributed by atoms with E-state index in [1.807, 2.05) is 13.8 Å². The van der Waals surface area contributed by atoms with Crippen molar-refractivity contribution in [1.82, 2.24) is 0 Å². The van der Waals surface area contributed by atoms with E-state index in [2.05, 4.69) is 5.32 Å². The number of carbonyl (C=O) groups excluding carboxylic acids is 1. The number of anilines is 1. The maximum atomic E-state index is 14.0. The first-order chi connectivity index (χ1) is 11.3. The molecule has 132 valence electrons. The highest BCUT2D eigenvalue weighted by molar-refractivity contribution is 6.00. The third kappa shape index (κ3) is 2.40. The quantitative estimate of drug-likeness (QED) is 0.887. The third-order valence-corrected chi connectivity index (χ3v) is 5.55. The van der Waals surface area contributed by atoms with Gasteiger partial charge in [-0.3, -0.25) is 4.79 Å². The second-order valence-corrected chi connectivity index (χ2v) is 7.16. The molecule has 3 N–H and O–H groups in total. The lowest BCUT2D eigenvalue weighted by Gasteiger charge is -2.65. The van der Waals surface area contributed by atoms with Crippen LogP contribution in [0.15, 0.2) is 18.2 Å². The van der Waals surface area contributed by atoms with E-state index in [0.29, 0.717) is 18.9 Å². The van der Waals surface area contributed by atoms with Gasteiger partial charge < -0.3 is 20.5 Å². The number of hydrogen-bond donors (Lipinski definition) is 2. The Hall–Kier alpha value is -1.66. The molecule has 0 spiro atoms. The van der Waals surface area contributed by atoms with Crippen LogP contribution in [-0.4, -0.2) is 30.8 Å². The van der Waals surface area contributed by atoms with Gasteiger partial charge >= 0.3 is 0 Å². The highest BCUT2D eigenvalue weighted by Gasteiger charge is 2.70. The van der Waals surface area contributed by atoms with Crippen LogP contribution >= 0.6 is 0 Å². The summed E-state index contributed by atoms with van der Waals surface area (Å²) in [6.45, 7) is 6.79. The summed E-state index contributed by atoms with van der Waals surface area (Å²) in [7, 11) is 0. The maximum absolute atomic E-state index is 14.0. The molecule has 1 saturated carbocycles. The molecule has 1 saturated heterocycles. The molecule has 6 heteroatoms. The number of nitrogens with two attached hydrogens (primary N) is 1. The molecule has 3 rings (SSSR count). The fraction of sp³-hybridized carbons (Fsp3) is 0.611. The standard InChI is InChI=1S/C18H25FN2O3/c1-4-23-14-8-7-11(10-13(14)19)21-16(22)18(20)12-6-5-9-24-15(12)17(18,2)3/h7-8,10,12,15H,4-6,9,20H2,1-3H3,(H,21,22). The van der Waals surface area contributed by atoms with Gasteiger partial charge in [0.25, 0.3) is 0 Å². The molecule has 0 aromatic heterocycles. The van der Waals surface area contributed by atoms with Gasteiger partial charge in [-0.25, -0.2) is 4.39 Å². The molecule has 1 aliphatic heterocycles. The molecular weight excluding hydrogens is 311 g/mol. The topological polar surface area (TPSA) is 73.6 Å². The Morgan fingerprint density at radius 1 is 1.50 bits per heavy atom. The van der Waals surface area contributed by atoms with Crippen molar-refractivity contribution in [2.24, 2.45) is 17.1 Å². The lowest BCUT2D eigenvalue weighted by atomic mass is 9.46. The second-order valence-electron chi connectivity index (χ2n) is 7.16. The van der Waals surface area contributed by atoms with E-state index >= 15 is 0 Å². The van der Waals surface area contributed by atoms with Crippen molar-refractivity contribution in [2.75, 3.05) is 18.5 Å². The van der Waals surface area contributed by atoms with Gasteiger partial charge in [0.2, 0.25) is 5.91 Å². The Balaban J connectivity index is 1.78. The summed E-state index contributed by atoms with van der Waals surface area (Å²) in [5.41, 5.74) is 5.42. The first-order valence-electron chi connectivity index (χ1n) is 8.46. The van der Waals surface area contributed by atoms with E-state index in [9.17, 15) is 9.18 Å². The van der Waals surface area contributed by atoms with Crippen LogP contribution in [-0.2, 0) is 9.53 Å². The number of benzene rings is 1. The van der Waals surface area contributed by atoms with Crippen molar-refractivity contribution in [3.05, 3.63) is 24.0 Å². The fourth-order valence-electron chi connectivity index (χ4n) is 4.12. The van der Waals surface area contributed by atoms with Gasteiger partial charge in [0.05, 0.1) is 12.7 Å². The van der Waals surface area contributed by atoms with Crippen molar-refractivity contribution in [3.63, 3.8) is 0 Å². The monoisotopic (exact) mass is 336 g/mol. The zero-order valence-electron chi connectivity index (χ0n) is 14.4. The highest BCUT2D eigenvalue weighted by atomic mass is 19.1. The molecule has 5 nitrogen and oxygen atoms in total. The maximum Gasteiger partial charge on any atom is 0.245 e. The molecule has 1 heterocycles. The van der Waals surface area contributed by atoms with Crippen LogP contribution < -0.4 is 15.8 Å². The van der Waals surface area contributed by atoms with Crippen LogP contribution in [0.4, 0.5) is 10.1 Å². The molecular formula is C18H25FN2O3. The van der Waals surface area contributed by atoms with E-state index in [0.717, 1.165) is 12.8 Å². The Morgan fingerprint density at radius 2 is 2.25 bits per heavy atom. The molecule has 1 aromatic carbocycles. The fourth-order valence-corrected chi connectivity index (χ4v) is 4.12.